The fraction of sp³-hybridized carbons (Fsp3) is 0.250. The van der Waals surface area contributed by atoms with Crippen LogP contribution in [0, 0.1) is 5.82 Å². The van der Waals surface area contributed by atoms with Crippen molar-refractivity contribution in [3.05, 3.63) is 52.6 Å². The van der Waals surface area contributed by atoms with E-state index in [-0.39, 0.29) is 5.82 Å². The summed E-state index contributed by atoms with van der Waals surface area (Å²) >= 11 is 5.80. The van der Waals surface area contributed by atoms with Crippen molar-refractivity contribution >= 4 is 11.6 Å². The lowest BCUT2D eigenvalue weighted by Crippen LogP contribution is -2.04. The second-order valence-corrected chi connectivity index (χ2v) is 4.29. The topological polar surface area (TPSA) is 38.0 Å². The van der Waals surface area contributed by atoms with Gasteiger partial charge in [0.25, 0.3) is 0 Å². The third kappa shape index (κ3) is 2.84. The van der Waals surface area contributed by atoms with Gasteiger partial charge in [0.1, 0.15) is 5.82 Å². The van der Waals surface area contributed by atoms with Gasteiger partial charge in [0.15, 0.2) is 0 Å². The van der Waals surface area contributed by atoms with Gasteiger partial charge in [-0.1, -0.05) is 11.6 Å². The van der Waals surface area contributed by atoms with Gasteiger partial charge in [-0.25, -0.2) is 4.39 Å². The number of aliphatic hydroxyl groups is 1. The summed E-state index contributed by atoms with van der Waals surface area (Å²) in [6.45, 7) is 1.92. The summed E-state index contributed by atoms with van der Waals surface area (Å²) in [5, 5.41) is 14.0. The Kier molecular flexibility index (Phi) is 3.45. The maximum Gasteiger partial charge on any atom is 0.128 e. The molecule has 2 rings (SSSR count). The molecule has 1 heterocycles. The summed E-state index contributed by atoms with van der Waals surface area (Å²) in [6.07, 6.45) is 1.07. The lowest BCUT2D eigenvalue weighted by Gasteiger charge is -2.04. The molecule has 1 N–H and O–H groups in total. The average molecular weight is 255 g/mol. The van der Waals surface area contributed by atoms with Crippen LogP contribution in [0.5, 0.6) is 0 Å². The highest BCUT2D eigenvalue weighted by Crippen LogP contribution is 2.16. The monoisotopic (exact) mass is 254 g/mol. The predicted molar refractivity (Wildman–Crippen MR) is 63.4 cm³/mol. The summed E-state index contributed by atoms with van der Waals surface area (Å²) in [5.41, 5.74) is 1.03. The van der Waals surface area contributed by atoms with E-state index < -0.39 is 6.10 Å². The number of nitrogens with zero attached hydrogens (tertiary/aromatic N) is 2. The molecule has 1 aromatic heterocycles. The van der Waals surface area contributed by atoms with Gasteiger partial charge in [0, 0.05) is 16.8 Å². The first kappa shape index (κ1) is 12.1. The molecule has 0 saturated carbocycles. The molecule has 0 saturated heterocycles. The number of halogens is 2. The summed E-state index contributed by atoms with van der Waals surface area (Å²) in [6, 6.07) is 6.11. The van der Waals surface area contributed by atoms with Crippen molar-refractivity contribution in [2.45, 2.75) is 19.6 Å². The summed E-state index contributed by atoms with van der Waals surface area (Å²) in [5.74, 6) is -0.316. The lowest BCUT2D eigenvalue weighted by molar-refractivity contribution is 0.193. The highest BCUT2D eigenvalue weighted by atomic mass is 35.5. The Morgan fingerprint density at radius 1 is 1.47 bits per heavy atom. The van der Waals surface area contributed by atoms with Crippen LogP contribution in [-0.4, -0.2) is 14.9 Å². The van der Waals surface area contributed by atoms with Crippen LogP contribution in [-0.2, 0) is 6.54 Å². The fourth-order valence-corrected chi connectivity index (χ4v) is 1.72. The van der Waals surface area contributed by atoms with Crippen molar-refractivity contribution in [2.75, 3.05) is 0 Å². The number of aliphatic hydroxyl groups excluding tert-OH is 1. The Morgan fingerprint density at radius 3 is 2.88 bits per heavy atom. The first-order valence-electron chi connectivity index (χ1n) is 5.21. The molecule has 0 radical (unpaired) electrons. The molecule has 1 atom stereocenters. The predicted octanol–water partition coefficient (Wildman–Crippen LogP) is 2.78. The van der Waals surface area contributed by atoms with Gasteiger partial charge in [0.2, 0.25) is 0 Å². The Balaban J connectivity index is 2.22. The van der Waals surface area contributed by atoms with Gasteiger partial charge in [-0.3, -0.25) is 4.68 Å². The second-order valence-electron chi connectivity index (χ2n) is 3.85. The standard InChI is InChI=1S/C12H12ClFN2O/c1-8(17)12-4-5-16(15-12)7-9-6-10(13)2-3-11(9)14/h2-6,8,17H,7H2,1H3/t8-/m1/s1. The zero-order valence-electron chi connectivity index (χ0n) is 9.27. The Morgan fingerprint density at radius 2 is 2.24 bits per heavy atom. The highest BCUT2D eigenvalue weighted by Gasteiger charge is 2.07. The van der Waals surface area contributed by atoms with Crippen molar-refractivity contribution in [3.8, 4) is 0 Å². The van der Waals surface area contributed by atoms with Gasteiger partial charge >= 0.3 is 0 Å². The number of hydrogen-bond donors (Lipinski definition) is 1. The first-order valence-corrected chi connectivity index (χ1v) is 5.59. The zero-order chi connectivity index (χ0) is 12.4. The van der Waals surface area contributed by atoms with Crippen LogP contribution in [0.3, 0.4) is 0 Å². The maximum absolute atomic E-state index is 13.5. The molecular formula is C12H12ClFN2O. The van der Waals surface area contributed by atoms with Crippen LogP contribution < -0.4 is 0 Å². The van der Waals surface area contributed by atoms with E-state index in [9.17, 15) is 9.50 Å². The minimum Gasteiger partial charge on any atom is -0.387 e. The molecule has 2 aromatic rings. The molecule has 0 aliphatic heterocycles. The quantitative estimate of drug-likeness (QED) is 0.915. The van der Waals surface area contributed by atoms with Crippen LogP contribution in [0.1, 0.15) is 24.3 Å². The highest BCUT2D eigenvalue weighted by molar-refractivity contribution is 6.30. The van der Waals surface area contributed by atoms with E-state index in [1.807, 2.05) is 0 Å². The number of benzene rings is 1. The van der Waals surface area contributed by atoms with E-state index in [2.05, 4.69) is 5.10 Å². The fourth-order valence-electron chi connectivity index (χ4n) is 1.53. The molecule has 1 aromatic carbocycles. The van der Waals surface area contributed by atoms with Gasteiger partial charge in [-0.05, 0) is 31.2 Å². The average Bonchev–Trinajstić information content (AvgIpc) is 2.72. The van der Waals surface area contributed by atoms with E-state index in [1.165, 1.54) is 12.1 Å². The van der Waals surface area contributed by atoms with E-state index in [4.69, 9.17) is 11.6 Å². The Hall–Kier alpha value is -1.39. The molecule has 90 valence electrons. The van der Waals surface area contributed by atoms with E-state index in [0.29, 0.717) is 22.8 Å². The second kappa shape index (κ2) is 4.85. The summed E-state index contributed by atoms with van der Waals surface area (Å²) < 4.78 is 15.0. The van der Waals surface area contributed by atoms with Crippen molar-refractivity contribution in [1.29, 1.82) is 0 Å². The molecule has 0 fully saturated rings. The summed E-state index contributed by atoms with van der Waals surface area (Å²) in [4.78, 5) is 0. The number of aromatic nitrogens is 2. The Labute approximate surface area is 103 Å². The smallest absolute Gasteiger partial charge is 0.128 e. The van der Waals surface area contributed by atoms with Crippen LogP contribution >= 0.6 is 11.6 Å². The molecule has 0 unspecified atom stereocenters. The van der Waals surface area contributed by atoms with Crippen LogP contribution in [0.25, 0.3) is 0 Å². The zero-order valence-corrected chi connectivity index (χ0v) is 10.0. The third-order valence-electron chi connectivity index (χ3n) is 2.43. The minimum absolute atomic E-state index is 0.291. The number of rotatable bonds is 3. The molecule has 3 nitrogen and oxygen atoms in total. The van der Waals surface area contributed by atoms with Crippen LogP contribution in [0.2, 0.25) is 5.02 Å². The van der Waals surface area contributed by atoms with E-state index in [0.717, 1.165) is 0 Å². The van der Waals surface area contributed by atoms with Crippen molar-refractivity contribution in [2.24, 2.45) is 0 Å². The van der Waals surface area contributed by atoms with Crippen LogP contribution in [0.4, 0.5) is 4.39 Å². The van der Waals surface area contributed by atoms with Crippen molar-refractivity contribution in [1.82, 2.24) is 9.78 Å². The summed E-state index contributed by atoms with van der Waals surface area (Å²) in [7, 11) is 0. The first-order chi connectivity index (χ1) is 8.06. The number of hydrogen-bond acceptors (Lipinski definition) is 2. The maximum atomic E-state index is 13.5. The van der Waals surface area contributed by atoms with Gasteiger partial charge in [-0.15, -0.1) is 0 Å². The van der Waals surface area contributed by atoms with Crippen molar-refractivity contribution in [3.63, 3.8) is 0 Å². The molecular weight excluding hydrogens is 243 g/mol. The largest absolute Gasteiger partial charge is 0.387 e. The van der Waals surface area contributed by atoms with Gasteiger partial charge in [-0.2, -0.15) is 5.10 Å². The van der Waals surface area contributed by atoms with E-state index >= 15 is 0 Å². The van der Waals surface area contributed by atoms with Crippen molar-refractivity contribution < 1.29 is 9.50 Å². The van der Waals surface area contributed by atoms with Gasteiger partial charge < -0.3 is 5.11 Å². The van der Waals surface area contributed by atoms with Gasteiger partial charge in [0.05, 0.1) is 18.3 Å². The Bertz CT molecular complexity index is 525. The molecule has 0 aliphatic carbocycles. The molecule has 5 heteroatoms. The third-order valence-corrected chi connectivity index (χ3v) is 2.66. The van der Waals surface area contributed by atoms with E-state index in [1.54, 1.807) is 29.9 Å². The minimum atomic E-state index is -0.625. The molecule has 0 aliphatic rings. The SMILES string of the molecule is C[C@@H](O)c1ccn(Cc2cc(Cl)ccc2F)n1. The molecule has 0 spiro atoms. The molecule has 0 bridgehead atoms. The lowest BCUT2D eigenvalue weighted by atomic mass is 10.2. The molecule has 17 heavy (non-hydrogen) atoms. The van der Waals surface area contributed by atoms with Crippen LogP contribution in [0.15, 0.2) is 30.5 Å². The molecule has 0 amide bonds. The normalized spacial score (nSPS) is 12.7.